The average molecular weight is 291 g/mol. The number of methoxy groups -OCH3 is 1. The number of nitrogens with zero attached hydrogens (tertiary/aromatic N) is 1. The van der Waals surface area contributed by atoms with Crippen LogP contribution in [0.15, 0.2) is 18.2 Å². The molecule has 1 heterocycles. The predicted octanol–water partition coefficient (Wildman–Crippen LogP) is 2.17. The Balaban J connectivity index is 2.56. The number of fused-ring (bicyclic) bond motifs is 1. The van der Waals surface area contributed by atoms with Gasteiger partial charge >= 0.3 is 0 Å². The van der Waals surface area contributed by atoms with E-state index in [-0.39, 0.29) is 17.5 Å². The summed E-state index contributed by atoms with van der Waals surface area (Å²) < 4.78 is 5.35. The van der Waals surface area contributed by atoms with Gasteiger partial charge in [-0.3, -0.25) is 10.2 Å². The molecule has 2 unspecified atom stereocenters. The Bertz CT molecular complexity index is 542. The normalized spacial score (nSPS) is 21.4. The lowest BCUT2D eigenvalue weighted by molar-refractivity contribution is -0.122. The van der Waals surface area contributed by atoms with E-state index < -0.39 is 0 Å². The summed E-state index contributed by atoms with van der Waals surface area (Å²) in [6.45, 7) is 8.42. The highest BCUT2D eigenvalue weighted by molar-refractivity contribution is 5.85. The number of hydrazine groups is 1. The molecule has 2 rings (SSSR count). The summed E-state index contributed by atoms with van der Waals surface area (Å²) in [5, 5.41) is 0. The summed E-state index contributed by atoms with van der Waals surface area (Å²) in [4.78, 5) is 14.2. The van der Waals surface area contributed by atoms with Crippen LogP contribution in [-0.4, -0.2) is 24.6 Å². The quantitative estimate of drug-likeness (QED) is 0.509. The Morgan fingerprint density at radius 2 is 2.19 bits per heavy atom. The van der Waals surface area contributed by atoms with Crippen LogP contribution < -0.4 is 20.9 Å². The van der Waals surface area contributed by atoms with Crippen molar-refractivity contribution in [3.05, 3.63) is 23.8 Å². The highest BCUT2D eigenvalue weighted by Crippen LogP contribution is 2.45. The molecule has 116 valence electrons. The van der Waals surface area contributed by atoms with Gasteiger partial charge in [0.15, 0.2) is 0 Å². The number of carbonyl (C=O) groups excluding carboxylic acids is 1. The largest absolute Gasteiger partial charge is 0.497 e. The fourth-order valence-corrected chi connectivity index (χ4v) is 3.53. The molecule has 1 aliphatic rings. The van der Waals surface area contributed by atoms with Gasteiger partial charge in [0.25, 0.3) is 5.91 Å². The van der Waals surface area contributed by atoms with Crippen molar-refractivity contribution in [2.24, 2.45) is 5.84 Å². The van der Waals surface area contributed by atoms with E-state index in [2.05, 4.69) is 37.2 Å². The first kappa shape index (κ1) is 15.6. The third-order valence-electron chi connectivity index (χ3n) is 4.39. The molecule has 0 saturated heterocycles. The summed E-state index contributed by atoms with van der Waals surface area (Å²) in [6.07, 6.45) is 0.981. The van der Waals surface area contributed by atoms with Crippen LogP contribution in [0.25, 0.3) is 0 Å². The first-order valence-electron chi connectivity index (χ1n) is 7.29. The lowest BCUT2D eigenvalue weighted by Crippen LogP contribution is -2.58. The van der Waals surface area contributed by atoms with Gasteiger partial charge in [0.1, 0.15) is 11.8 Å². The van der Waals surface area contributed by atoms with Gasteiger partial charge in [0.2, 0.25) is 0 Å². The van der Waals surface area contributed by atoms with Crippen LogP contribution in [0.1, 0.15) is 45.6 Å². The van der Waals surface area contributed by atoms with Gasteiger partial charge in [-0.25, -0.2) is 5.84 Å². The van der Waals surface area contributed by atoms with E-state index in [1.54, 1.807) is 7.11 Å². The summed E-state index contributed by atoms with van der Waals surface area (Å²) in [5.74, 6) is 6.36. The highest BCUT2D eigenvalue weighted by Gasteiger charge is 2.40. The molecule has 0 fully saturated rings. The van der Waals surface area contributed by atoms with Crippen molar-refractivity contribution in [3.8, 4) is 5.75 Å². The predicted molar refractivity (Wildman–Crippen MR) is 84.4 cm³/mol. The number of nitrogens with one attached hydrogen (secondary N) is 1. The lowest BCUT2D eigenvalue weighted by atomic mass is 9.79. The number of benzene rings is 1. The van der Waals surface area contributed by atoms with E-state index in [1.165, 1.54) is 5.56 Å². The second-order valence-electron chi connectivity index (χ2n) is 6.40. The molecule has 0 radical (unpaired) electrons. The van der Waals surface area contributed by atoms with Gasteiger partial charge in [-0.05, 0) is 44.7 Å². The number of anilines is 1. The van der Waals surface area contributed by atoms with Crippen molar-refractivity contribution >= 4 is 11.6 Å². The first-order chi connectivity index (χ1) is 9.81. The zero-order valence-electron chi connectivity index (χ0n) is 13.4. The SMILES string of the molecule is COc1ccc2c(c1)N(C(C)C(=O)NN)C(C)(C)CC2C. The molecule has 2 atom stereocenters. The van der Waals surface area contributed by atoms with Crippen LogP contribution in [0.5, 0.6) is 5.75 Å². The van der Waals surface area contributed by atoms with Crippen LogP contribution >= 0.6 is 0 Å². The smallest absolute Gasteiger partial charge is 0.256 e. The van der Waals surface area contributed by atoms with Crippen LogP contribution in [0.4, 0.5) is 5.69 Å². The van der Waals surface area contributed by atoms with Gasteiger partial charge in [-0.2, -0.15) is 0 Å². The van der Waals surface area contributed by atoms with Gasteiger partial charge in [-0.1, -0.05) is 13.0 Å². The van der Waals surface area contributed by atoms with E-state index in [9.17, 15) is 4.79 Å². The van der Waals surface area contributed by atoms with Crippen molar-refractivity contribution in [1.82, 2.24) is 5.43 Å². The second kappa shape index (κ2) is 5.56. The molecule has 1 aromatic carbocycles. The molecule has 0 saturated carbocycles. The molecule has 5 nitrogen and oxygen atoms in total. The molecule has 0 spiro atoms. The Morgan fingerprint density at radius 3 is 2.76 bits per heavy atom. The van der Waals surface area contributed by atoms with Crippen molar-refractivity contribution < 1.29 is 9.53 Å². The highest BCUT2D eigenvalue weighted by atomic mass is 16.5. The molecule has 3 N–H and O–H groups in total. The second-order valence-corrected chi connectivity index (χ2v) is 6.40. The number of nitrogens with two attached hydrogens (primary N) is 1. The number of carbonyl (C=O) groups is 1. The maximum atomic E-state index is 12.0. The Hall–Kier alpha value is -1.75. The molecule has 1 aliphatic heterocycles. The number of hydrogen-bond donors (Lipinski definition) is 2. The number of hydrogen-bond acceptors (Lipinski definition) is 4. The van der Waals surface area contributed by atoms with E-state index >= 15 is 0 Å². The molecule has 5 heteroatoms. The Kier molecular flexibility index (Phi) is 4.14. The van der Waals surface area contributed by atoms with E-state index in [4.69, 9.17) is 10.6 Å². The van der Waals surface area contributed by atoms with Crippen LogP contribution in [0.3, 0.4) is 0 Å². The molecular weight excluding hydrogens is 266 g/mol. The zero-order valence-corrected chi connectivity index (χ0v) is 13.4. The Morgan fingerprint density at radius 1 is 1.52 bits per heavy atom. The van der Waals surface area contributed by atoms with Crippen molar-refractivity contribution in [3.63, 3.8) is 0 Å². The van der Waals surface area contributed by atoms with E-state index in [1.807, 2.05) is 19.1 Å². The summed E-state index contributed by atoms with van der Waals surface area (Å²) in [5.41, 5.74) is 4.42. The van der Waals surface area contributed by atoms with Gasteiger partial charge in [0.05, 0.1) is 7.11 Å². The maximum absolute atomic E-state index is 12.0. The average Bonchev–Trinajstić information content (AvgIpc) is 2.44. The lowest BCUT2D eigenvalue weighted by Gasteiger charge is -2.49. The molecule has 0 aromatic heterocycles. The van der Waals surface area contributed by atoms with Crippen LogP contribution in [0, 0.1) is 0 Å². The van der Waals surface area contributed by atoms with Crippen LogP contribution in [0.2, 0.25) is 0 Å². The minimum atomic E-state index is -0.344. The number of amides is 1. The topological polar surface area (TPSA) is 67.6 Å². The van der Waals surface area contributed by atoms with E-state index in [0.717, 1.165) is 17.9 Å². The summed E-state index contributed by atoms with van der Waals surface area (Å²) in [7, 11) is 1.65. The van der Waals surface area contributed by atoms with Gasteiger partial charge < -0.3 is 9.64 Å². The van der Waals surface area contributed by atoms with Crippen molar-refractivity contribution in [2.45, 2.75) is 51.6 Å². The first-order valence-corrected chi connectivity index (χ1v) is 7.29. The number of rotatable bonds is 3. The maximum Gasteiger partial charge on any atom is 0.256 e. The minimum absolute atomic E-state index is 0.134. The van der Waals surface area contributed by atoms with Gasteiger partial charge in [0, 0.05) is 17.3 Å². The fourth-order valence-electron chi connectivity index (χ4n) is 3.53. The molecule has 21 heavy (non-hydrogen) atoms. The summed E-state index contributed by atoms with van der Waals surface area (Å²) >= 11 is 0. The summed E-state index contributed by atoms with van der Waals surface area (Å²) in [6, 6.07) is 5.73. The van der Waals surface area contributed by atoms with E-state index in [0.29, 0.717) is 5.92 Å². The molecule has 1 aromatic rings. The minimum Gasteiger partial charge on any atom is -0.497 e. The van der Waals surface area contributed by atoms with Gasteiger partial charge in [-0.15, -0.1) is 0 Å². The molecular formula is C16H25N3O2. The third kappa shape index (κ3) is 2.70. The molecule has 0 bridgehead atoms. The zero-order chi connectivity index (χ0) is 15.8. The molecule has 1 amide bonds. The molecule has 0 aliphatic carbocycles. The van der Waals surface area contributed by atoms with Crippen molar-refractivity contribution in [2.75, 3.05) is 12.0 Å². The third-order valence-corrected chi connectivity index (χ3v) is 4.39. The fraction of sp³-hybridized carbons (Fsp3) is 0.562. The number of ether oxygens (including phenoxy) is 1. The standard InChI is InChI=1S/C16H25N3O2/c1-10-9-16(3,4)19(11(2)15(20)18-17)14-8-12(21-5)6-7-13(10)14/h6-8,10-11H,9,17H2,1-5H3,(H,18,20). The monoisotopic (exact) mass is 291 g/mol. The van der Waals surface area contributed by atoms with Crippen LogP contribution in [-0.2, 0) is 4.79 Å². The van der Waals surface area contributed by atoms with Crippen molar-refractivity contribution in [1.29, 1.82) is 0 Å². The Labute approximate surface area is 126 Å².